The van der Waals surface area contributed by atoms with Crippen LogP contribution in [-0.4, -0.2) is 4.98 Å². The van der Waals surface area contributed by atoms with Gasteiger partial charge in [0, 0.05) is 12.4 Å². The van der Waals surface area contributed by atoms with Crippen molar-refractivity contribution >= 4 is 0 Å². The molecular formula is C14H23N. The fraction of sp³-hybridized carbons (Fsp3) is 0.500. The largest absolute Gasteiger partial charge is 0.264 e. The van der Waals surface area contributed by atoms with Crippen LogP contribution < -0.4 is 0 Å². The number of fused-ring (bicyclic) bond motifs is 1. The number of rotatable bonds is 0. The molecule has 0 saturated heterocycles. The molecule has 0 fully saturated rings. The van der Waals surface area contributed by atoms with Crippen molar-refractivity contribution in [2.75, 3.05) is 0 Å². The summed E-state index contributed by atoms with van der Waals surface area (Å²) in [6, 6.07) is 2.17. The summed E-state index contributed by atoms with van der Waals surface area (Å²) in [5.41, 5.74) is 3.00. The van der Waals surface area contributed by atoms with Crippen LogP contribution in [0.4, 0.5) is 0 Å². The zero-order valence-electron chi connectivity index (χ0n) is 10.1. The Labute approximate surface area is 94.3 Å². The van der Waals surface area contributed by atoms with Crippen LogP contribution in [0.2, 0.25) is 0 Å². The molecule has 0 radical (unpaired) electrons. The highest BCUT2D eigenvalue weighted by atomic mass is 14.6. The van der Waals surface area contributed by atoms with Crippen molar-refractivity contribution in [3.63, 3.8) is 0 Å². The second-order valence-electron chi connectivity index (χ2n) is 3.21. The number of aromatic nitrogens is 1. The molecule has 1 heterocycles. The van der Waals surface area contributed by atoms with Crippen molar-refractivity contribution < 1.29 is 0 Å². The third-order valence-corrected chi connectivity index (χ3v) is 2.40. The number of pyridine rings is 1. The van der Waals surface area contributed by atoms with Gasteiger partial charge in [-0.15, -0.1) is 13.2 Å². The van der Waals surface area contributed by atoms with Gasteiger partial charge >= 0.3 is 0 Å². The molecule has 84 valence electrons. The van der Waals surface area contributed by atoms with Crippen LogP contribution in [0.15, 0.2) is 31.6 Å². The molecule has 0 unspecified atom stereocenters. The maximum atomic E-state index is 4.14. The van der Waals surface area contributed by atoms with Crippen molar-refractivity contribution in [2.45, 2.75) is 46.0 Å². The second kappa shape index (κ2) is 9.45. The third-order valence-electron chi connectivity index (χ3n) is 2.40. The van der Waals surface area contributed by atoms with Crippen molar-refractivity contribution in [3.8, 4) is 0 Å². The minimum absolute atomic E-state index is 1.24. The van der Waals surface area contributed by atoms with Gasteiger partial charge in [-0.1, -0.05) is 20.3 Å². The summed E-state index contributed by atoms with van der Waals surface area (Å²) < 4.78 is 0. The molecule has 1 aromatic heterocycles. The summed E-state index contributed by atoms with van der Waals surface area (Å²) in [7, 11) is 0. The van der Waals surface area contributed by atoms with Gasteiger partial charge in [-0.25, -0.2) is 0 Å². The average Bonchev–Trinajstić information content (AvgIpc) is 2.59. The standard InChI is InChI=1S/C10H13N.C2H6.C2H4/c1-2-4-9-6-7-11-8-10(9)5-3-1;2*1-2/h6-8H,1-5H2;1-2H3;1-2H2. The SMILES string of the molecule is C=C.CC.c1cc2c(cn1)CCCCC2. The fourth-order valence-electron chi connectivity index (χ4n) is 1.73. The quantitative estimate of drug-likeness (QED) is 0.457. The third kappa shape index (κ3) is 4.78. The molecule has 1 aromatic rings. The Morgan fingerprint density at radius 2 is 1.60 bits per heavy atom. The summed E-state index contributed by atoms with van der Waals surface area (Å²) >= 11 is 0. The molecule has 0 spiro atoms. The second-order valence-corrected chi connectivity index (χ2v) is 3.21. The van der Waals surface area contributed by atoms with Crippen LogP contribution in [0.5, 0.6) is 0 Å². The smallest absolute Gasteiger partial charge is 0.0302 e. The molecule has 0 amide bonds. The van der Waals surface area contributed by atoms with Crippen LogP contribution >= 0.6 is 0 Å². The van der Waals surface area contributed by atoms with Crippen molar-refractivity contribution in [2.24, 2.45) is 0 Å². The zero-order valence-corrected chi connectivity index (χ0v) is 10.1. The molecule has 1 nitrogen and oxygen atoms in total. The molecule has 2 rings (SSSR count). The van der Waals surface area contributed by atoms with Gasteiger partial charge in [-0.05, 0) is 42.9 Å². The first-order valence-electron chi connectivity index (χ1n) is 5.88. The van der Waals surface area contributed by atoms with Gasteiger partial charge in [0.1, 0.15) is 0 Å². The number of aryl methyl sites for hydroxylation is 2. The maximum absolute atomic E-state index is 4.14. The van der Waals surface area contributed by atoms with E-state index >= 15 is 0 Å². The molecule has 15 heavy (non-hydrogen) atoms. The molecule has 0 N–H and O–H groups in total. The molecule has 0 aromatic carbocycles. The normalized spacial score (nSPS) is 13.2. The van der Waals surface area contributed by atoms with Crippen molar-refractivity contribution in [3.05, 3.63) is 42.7 Å². The first-order valence-corrected chi connectivity index (χ1v) is 5.88. The monoisotopic (exact) mass is 205 g/mol. The Balaban J connectivity index is 0.000000442. The van der Waals surface area contributed by atoms with Crippen LogP contribution in [0, 0.1) is 0 Å². The summed E-state index contributed by atoms with van der Waals surface area (Å²) in [5, 5.41) is 0. The van der Waals surface area contributed by atoms with Gasteiger partial charge < -0.3 is 0 Å². The Morgan fingerprint density at radius 3 is 2.27 bits per heavy atom. The van der Waals surface area contributed by atoms with Crippen LogP contribution in [0.3, 0.4) is 0 Å². The van der Waals surface area contributed by atoms with Gasteiger partial charge in [0.15, 0.2) is 0 Å². The molecule has 0 aliphatic heterocycles. The van der Waals surface area contributed by atoms with E-state index in [1.807, 2.05) is 26.2 Å². The Morgan fingerprint density at radius 1 is 1.00 bits per heavy atom. The lowest BCUT2D eigenvalue weighted by atomic mass is 10.1. The van der Waals surface area contributed by atoms with Gasteiger partial charge in [0.2, 0.25) is 0 Å². The number of nitrogens with zero attached hydrogens (tertiary/aromatic N) is 1. The van der Waals surface area contributed by atoms with Crippen molar-refractivity contribution in [1.82, 2.24) is 4.98 Å². The molecule has 0 saturated carbocycles. The highest BCUT2D eigenvalue weighted by Gasteiger charge is 2.05. The minimum Gasteiger partial charge on any atom is -0.264 e. The zero-order chi connectivity index (χ0) is 11.5. The van der Waals surface area contributed by atoms with E-state index in [1.165, 1.54) is 43.2 Å². The van der Waals surface area contributed by atoms with Crippen LogP contribution in [0.25, 0.3) is 0 Å². The summed E-state index contributed by atoms with van der Waals surface area (Å²) in [6.07, 6.45) is 10.5. The van der Waals surface area contributed by atoms with E-state index in [4.69, 9.17) is 0 Å². The summed E-state index contributed by atoms with van der Waals surface area (Å²) in [5.74, 6) is 0. The van der Waals surface area contributed by atoms with Gasteiger partial charge in [-0.2, -0.15) is 0 Å². The van der Waals surface area contributed by atoms with E-state index < -0.39 is 0 Å². The lowest BCUT2D eigenvalue weighted by Crippen LogP contribution is -1.90. The van der Waals surface area contributed by atoms with Crippen molar-refractivity contribution in [1.29, 1.82) is 0 Å². The van der Waals surface area contributed by atoms with E-state index in [-0.39, 0.29) is 0 Å². The van der Waals surface area contributed by atoms with E-state index in [9.17, 15) is 0 Å². The van der Waals surface area contributed by atoms with Crippen LogP contribution in [0.1, 0.15) is 44.2 Å². The molecule has 1 heteroatoms. The highest BCUT2D eigenvalue weighted by Crippen LogP contribution is 2.18. The Hall–Kier alpha value is -1.11. The van der Waals surface area contributed by atoms with E-state index in [0.29, 0.717) is 0 Å². The van der Waals surface area contributed by atoms with Gasteiger partial charge in [-0.3, -0.25) is 4.98 Å². The molecule has 0 bridgehead atoms. The van der Waals surface area contributed by atoms with Gasteiger partial charge in [0.25, 0.3) is 0 Å². The highest BCUT2D eigenvalue weighted by molar-refractivity contribution is 5.24. The van der Waals surface area contributed by atoms with Crippen LogP contribution in [-0.2, 0) is 12.8 Å². The molecule has 1 aliphatic carbocycles. The molecule has 1 aliphatic rings. The van der Waals surface area contributed by atoms with E-state index in [1.54, 1.807) is 0 Å². The summed E-state index contributed by atoms with van der Waals surface area (Å²) in [4.78, 5) is 4.14. The fourth-order valence-corrected chi connectivity index (χ4v) is 1.73. The Bertz CT molecular complexity index is 230. The predicted molar refractivity (Wildman–Crippen MR) is 68.1 cm³/mol. The minimum atomic E-state index is 1.24. The number of hydrogen-bond acceptors (Lipinski definition) is 1. The van der Waals surface area contributed by atoms with E-state index in [2.05, 4.69) is 24.2 Å². The predicted octanol–water partition coefficient (Wildman–Crippen LogP) is 4.18. The average molecular weight is 205 g/mol. The topological polar surface area (TPSA) is 12.9 Å². The lowest BCUT2D eigenvalue weighted by molar-refractivity contribution is 0.711. The first-order chi connectivity index (χ1) is 7.47. The van der Waals surface area contributed by atoms with E-state index in [0.717, 1.165) is 0 Å². The molecular weight excluding hydrogens is 182 g/mol. The lowest BCUT2D eigenvalue weighted by Gasteiger charge is -2.01. The molecule has 0 atom stereocenters. The number of hydrogen-bond donors (Lipinski definition) is 0. The Kier molecular flexibility index (Phi) is 8.75. The first kappa shape index (κ1) is 13.9. The summed E-state index contributed by atoms with van der Waals surface area (Å²) in [6.45, 7) is 10.0. The van der Waals surface area contributed by atoms with Gasteiger partial charge in [0.05, 0.1) is 0 Å². The maximum Gasteiger partial charge on any atom is 0.0302 e.